The van der Waals surface area contributed by atoms with Gasteiger partial charge >= 0.3 is 0 Å². The Morgan fingerprint density at radius 3 is 2.60 bits per heavy atom. The fourth-order valence-corrected chi connectivity index (χ4v) is 1.78. The van der Waals surface area contributed by atoms with Crippen LogP contribution in [0, 0.1) is 0 Å². The summed E-state index contributed by atoms with van der Waals surface area (Å²) in [6.07, 6.45) is 26.1. The molecule has 0 aliphatic heterocycles. The van der Waals surface area contributed by atoms with Crippen LogP contribution in [0.25, 0.3) is 0 Å². The molecule has 0 saturated carbocycles. The Bertz CT molecular complexity index is 528. The molecule has 0 heterocycles. The molecule has 0 fully saturated rings. The molecule has 0 saturated heterocycles. The molecule has 0 spiro atoms. The van der Waals surface area contributed by atoms with Crippen LogP contribution < -0.4 is 0 Å². The summed E-state index contributed by atoms with van der Waals surface area (Å²) in [7, 11) is 0. The first-order valence-corrected chi connectivity index (χ1v) is 6.77. The van der Waals surface area contributed by atoms with Crippen molar-refractivity contribution in [1.82, 2.24) is 0 Å². The molecule has 0 atom stereocenters. The third-order valence-corrected chi connectivity index (χ3v) is 2.87. The van der Waals surface area contributed by atoms with Crippen LogP contribution in [0.2, 0.25) is 0 Å². The van der Waals surface area contributed by atoms with E-state index in [0.29, 0.717) is 0 Å². The van der Waals surface area contributed by atoms with Gasteiger partial charge in [0, 0.05) is 0 Å². The molecule has 102 valence electrons. The zero-order valence-electron chi connectivity index (χ0n) is 12.0. The first kappa shape index (κ1) is 15.7. The molecule has 0 unspecified atom stereocenters. The Kier molecular flexibility index (Phi) is 7.52. The Hall–Kier alpha value is -2.34. The minimum absolute atomic E-state index is 0.856. The molecule has 0 aromatic carbocycles. The second-order valence-corrected chi connectivity index (χ2v) is 4.40. The topological polar surface area (TPSA) is 0 Å². The van der Waals surface area contributed by atoms with Gasteiger partial charge in [-0.15, -0.1) is 0 Å². The molecule has 0 heteroatoms. The summed E-state index contributed by atoms with van der Waals surface area (Å²) in [5, 5.41) is 0. The molecule has 0 nitrogen and oxygen atoms in total. The number of hydrogen-bond acceptors (Lipinski definition) is 0. The number of hydrogen-bond donors (Lipinski definition) is 0. The van der Waals surface area contributed by atoms with Gasteiger partial charge in [0.15, 0.2) is 0 Å². The largest absolute Gasteiger partial charge is 0.0990 e. The quantitative estimate of drug-likeness (QED) is 0.510. The maximum atomic E-state index is 3.85. The summed E-state index contributed by atoms with van der Waals surface area (Å²) in [5.41, 5.74) is 3.53. The monoisotopic (exact) mass is 262 g/mol. The van der Waals surface area contributed by atoms with Crippen LogP contribution in [0.15, 0.2) is 109 Å². The Labute approximate surface area is 122 Å². The van der Waals surface area contributed by atoms with Crippen molar-refractivity contribution in [1.29, 1.82) is 0 Å². The van der Waals surface area contributed by atoms with Gasteiger partial charge in [-0.25, -0.2) is 0 Å². The van der Waals surface area contributed by atoms with Crippen LogP contribution in [0.4, 0.5) is 0 Å². The van der Waals surface area contributed by atoms with Crippen molar-refractivity contribution in [3.05, 3.63) is 109 Å². The second kappa shape index (κ2) is 9.57. The van der Waals surface area contributed by atoms with Crippen molar-refractivity contribution in [2.45, 2.75) is 12.8 Å². The van der Waals surface area contributed by atoms with Crippen molar-refractivity contribution < 1.29 is 0 Å². The van der Waals surface area contributed by atoms with Gasteiger partial charge < -0.3 is 0 Å². The van der Waals surface area contributed by atoms with Gasteiger partial charge in [0.2, 0.25) is 0 Å². The smallest absolute Gasteiger partial charge is 0.00943 e. The van der Waals surface area contributed by atoms with Crippen LogP contribution in [0.1, 0.15) is 12.8 Å². The Morgan fingerprint density at radius 1 is 1.15 bits per heavy atom. The Balaban J connectivity index is 2.63. The van der Waals surface area contributed by atoms with Gasteiger partial charge in [0.05, 0.1) is 0 Å². The van der Waals surface area contributed by atoms with E-state index in [0.717, 1.165) is 24.0 Å². The van der Waals surface area contributed by atoms with Gasteiger partial charge in [0.1, 0.15) is 0 Å². The minimum Gasteiger partial charge on any atom is -0.0990 e. The first-order chi connectivity index (χ1) is 9.80. The fourth-order valence-electron chi connectivity index (χ4n) is 1.78. The summed E-state index contributed by atoms with van der Waals surface area (Å²) in [4.78, 5) is 0. The van der Waals surface area contributed by atoms with Crippen LogP contribution in [0.5, 0.6) is 0 Å². The third kappa shape index (κ3) is 6.01. The van der Waals surface area contributed by atoms with Crippen molar-refractivity contribution in [3.8, 4) is 0 Å². The van der Waals surface area contributed by atoms with Crippen LogP contribution in [-0.2, 0) is 0 Å². The van der Waals surface area contributed by atoms with Crippen LogP contribution >= 0.6 is 0 Å². The van der Waals surface area contributed by atoms with Gasteiger partial charge in [0.25, 0.3) is 0 Å². The lowest BCUT2D eigenvalue weighted by molar-refractivity contribution is 1.25. The van der Waals surface area contributed by atoms with Gasteiger partial charge in [-0.1, -0.05) is 92.6 Å². The van der Waals surface area contributed by atoms with E-state index in [9.17, 15) is 0 Å². The molecule has 0 radical (unpaired) electrons. The summed E-state index contributed by atoms with van der Waals surface area (Å²) >= 11 is 0. The standard InChI is InChI=1S/C20H22/c1-4-12-18(5-2)17-19(6-3)13-10-11-16-20-14-8-7-9-15-20/h4-12,14,16-17H,1-3,13,15H2/b11-10-,18-12+,19-17+,20-16-. The molecular formula is C20H22. The number of rotatable bonds is 7. The maximum absolute atomic E-state index is 3.85. The maximum Gasteiger partial charge on any atom is -0.00943 e. The van der Waals surface area contributed by atoms with Crippen LogP contribution in [0.3, 0.4) is 0 Å². The molecular weight excluding hydrogens is 240 g/mol. The highest BCUT2D eigenvalue weighted by Gasteiger charge is 1.92. The predicted molar refractivity (Wildman–Crippen MR) is 91.5 cm³/mol. The van der Waals surface area contributed by atoms with Crippen molar-refractivity contribution in [2.24, 2.45) is 0 Å². The van der Waals surface area contributed by atoms with E-state index in [1.54, 1.807) is 6.08 Å². The van der Waals surface area contributed by atoms with Crippen LogP contribution in [-0.4, -0.2) is 0 Å². The third-order valence-electron chi connectivity index (χ3n) is 2.87. The molecule has 20 heavy (non-hydrogen) atoms. The van der Waals surface area contributed by atoms with E-state index >= 15 is 0 Å². The van der Waals surface area contributed by atoms with Gasteiger partial charge in [-0.3, -0.25) is 0 Å². The summed E-state index contributed by atoms with van der Waals surface area (Å²) < 4.78 is 0. The molecule has 0 aromatic heterocycles. The SMILES string of the molecule is C=C/C=C(C=C)/C=C(\C=C)C/C=C\C=C1\C=CC=CC1. The Morgan fingerprint density at radius 2 is 2.00 bits per heavy atom. The average molecular weight is 262 g/mol. The number of allylic oxidation sites excluding steroid dienone is 15. The summed E-state index contributed by atoms with van der Waals surface area (Å²) in [5.74, 6) is 0. The van der Waals surface area contributed by atoms with E-state index in [1.807, 2.05) is 18.2 Å². The van der Waals surface area contributed by atoms with E-state index in [1.165, 1.54) is 5.57 Å². The highest BCUT2D eigenvalue weighted by atomic mass is 14.0. The molecule has 1 aliphatic carbocycles. The molecule has 1 aliphatic rings. The van der Waals surface area contributed by atoms with E-state index in [-0.39, 0.29) is 0 Å². The van der Waals surface area contributed by atoms with Crippen molar-refractivity contribution in [2.75, 3.05) is 0 Å². The normalized spacial score (nSPS) is 17.7. The lowest BCUT2D eigenvalue weighted by Gasteiger charge is -2.00. The summed E-state index contributed by atoms with van der Waals surface area (Å²) in [6, 6.07) is 0. The van der Waals surface area contributed by atoms with Crippen molar-refractivity contribution >= 4 is 0 Å². The van der Waals surface area contributed by atoms with E-state index in [2.05, 4.69) is 68.3 Å². The van der Waals surface area contributed by atoms with Gasteiger partial charge in [-0.05, 0) is 29.6 Å². The molecule has 0 aromatic rings. The van der Waals surface area contributed by atoms with E-state index < -0.39 is 0 Å². The lowest BCUT2D eigenvalue weighted by atomic mass is 10.1. The molecule has 0 amide bonds. The highest BCUT2D eigenvalue weighted by molar-refractivity contribution is 5.39. The molecule has 0 N–H and O–H groups in total. The van der Waals surface area contributed by atoms with Crippen molar-refractivity contribution in [3.63, 3.8) is 0 Å². The second-order valence-electron chi connectivity index (χ2n) is 4.40. The predicted octanol–water partition coefficient (Wildman–Crippen LogP) is 5.79. The van der Waals surface area contributed by atoms with Gasteiger partial charge in [-0.2, -0.15) is 0 Å². The average Bonchev–Trinajstić information content (AvgIpc) is 2.50. The first-order valence-electron chi connectivity index (χ1n) is 6.77. The summed E-state index contributed by atoms with van der Waals surface area (Å²) in [6.45, 7) is 11.3. The minimum atomic E-state index is 0.856. The zero-order chi connectivity index (χ0) is 14.6. The zero-order valence-corrected chi connectivity index (χ0v) is 12.0. The lowest BCUT2D eigenvalue weighted by Crippen LogP contribution is -1.80. The van der Waals surface area contributed by atoms with E-state index in [4.69, 9.17) is 0 Å². The molecule has 0 bridgehead atoms. The molecule has 1 rings (SSSR count). The fraction of sp³-hybridized carbons (Fsp3) is 0.100. The highest BCUT2D eigenvalue weighted by Crippen LogP contribution is 2.12.